The zero-order valence-corrected chi connectivity index (χ0v) is 23.7. The third-order valence-electron chi connectivity index (χ3n) is 6.61. The highest BCUT2D eigenvalue weighted by Crippen LogP contribution is 2.35. The molecule has 1 heterocycles. The smallest absolute Gasteiger partial charge is 0.163 e. The molecule has 1 aromatic heterocycles. The van der Waals surface area contributed by atoms with E-state index in [1.54, 1.807) is 20.5 Å². The lowest BCUT2D eigenvalue weighted by atomic mass is 10.1. The number of aryl methyl sites for hydroxylation is 2. The Kier molecular flexibility index (Phi) is 10.8. The van der Waals surface area contributed by atoms with Gasteiger partial charge in [0.05, 0.1) is 25.8 Å². The van der Waals surface area contributed by atoms with Crippen LogP contribution in [0.1, 0.15) is 24.0 Å². The Hall–Kier alpha value is -3.39. The van der Waals surface area contributed by atoms with E-state index in [1.807, 2.05) is 37.3 Å². The van der Waals surface area contributed by atoms with Crippen molar-refractivity contribution >= 4 is 34.0 Å². The number of methoxy groups -OCH3 is 2. The van der Waals surface area contributed by atoms with Gasteiger partial charge in [-0.3, -0.25) is 0 Å². The number of anilines is 2. The van der Waals surface area contributed by atoms with Crippen molar-refractivity contribution in [3.05, 3.63) is 83.1 Å². The molecule has 1 N–H and O–H groups in total. The van der Waals surface area contributed by atoms with Gasteiger partial charge in [0.25, 0.3) is 0 Å². The summed E-state index contributed by atoms with van der Waals surface area (Å²) in [6.07, 6.45) is 4.62. The summed E-state index contributed by atoms with van der Waals surface area (Å²) >= 11 is 6.18. The van der Waals surface area contributed by atoms with E-state index in [0.29, 0.717) is 23.9 Å². The number of hydrogen-bond acceptors (Lipinski definition) is 7. The van der Waals surface area contributed by atoms with Gasteiger partial charge in [-0.1, -0.05) is 41.9 Å². The second kappa shape index (κ2) is 14.7. The third-order valence-corrected chi connectivity index (χ3v) is 7.04. The zero-order valence-electron chi connectivity index (χ0n) is 23.0. The highest BCUT2D eigenvalue weighted by molar-refractivity contribution is 6.31. The van der Waals surface area contributed by atoms with Crippen LogP contribution in [0.3, 0.4) is 0 Å². The molecule has 0 saturated carbocycles. The predicted molar refractivity (Wildman–Crippen MR) is 159 cm³/mol. The van der Waals surface area contributed by atoms with Crippen molar-refractivity contribution in [1.82, 2.24) is 14.9 Å². The van der Waals surface area contributed by atoms with E-state index < -0.39 is 0 Å². The van der Waals surface area contributed by atoms with Crippen molar-refractivity contribution in [2.45, 2.75) is 26.2 Å². The van der Waals surface area contributed by atoms with Crippen LogP contribution >= 0.6 is 11.6 Å². The SMILES string of the molecule is COCCN(CCCOc1cc2ncnc(Nc3ccc(Cl)c(C)c3)c2cc1OC)CCCc1ccccc1. The van der Waals surface area contributed by atoms with Gasteiger partial charge >= 0.3 is 0 Å². The van der Waals surface area contributed by atoms with Gasteiger partial charge in [-0.2, -0.15) is 0 Å². The maximum absolute atomic E-state index is 6.18. The molecule has 0 amide bonds. The number of benzene rings is 3. The van der Waals surface area contributed by atoms with Crippen LogP contribution < -0.4 is 14.8 Å². The molecule has 39 heavy (non-hydrogen) atoms. The molecule has 0 aliphatic heterocycles. The number of nitrogens with one attached hydrogen (secondary N) is 1. The minimum absolute atomic E-state index is 0.574. The van der Waals surface area contributed by atoms with Crippen LogP contribution in [0.25, 0.3) is 10.9 Å². The summed E-state index contributed by atoms with van der Waals surface area (Å²) < 4.78 is 17.2. The van der Waals surface area contributed by atoms with Crippen LogP contribution in [0.2, 0.25) is 5.02 Å². The van der Waals surface area contributed by atoms with E-state index in [9.17, 15) is 0 Å². The highest BCUT2D eigenvalue weighted by Gasteiger charge is 2.13. The van der Waals surface area contributed by atoms with Gasteiger partial charge in [-0.05, 0) is 68.1 Å². The number of nitrogens with zero attached hydrogens (tertiary/aromatic N) is 3. The number of ether oxygens (including phenoxy) is 3. The van der Waals surface area contributed by atoms with E-state index in [4.69, 9.17) is 25.8 Å². The van der Waals surface area contributed by atoms with Crippen LogP contribution in [-0.2, 0) is 11.2 Å². The number of fused-ring (bicyclic) bond motifs is 1. The van der Waals surface area contributed by atoms with Gasteiger partial charge in [0.1, 0.15) is 12.1 Å². The quantitative estimate of drug-likeness (QED) is 0.166. The van der Waals surface area contributed by atoms with E-state index in [2.05, 4.69) is 50.5 Å². The van der Waals surface area contributed by atoms with Gasteiger partial charge in [0.15, 0.2) is 11.5 Å². The second-order valence-corrected chi connectivity index (χ2v) is 9.86. The Bertz CT molecular complexity index is 1340. The van der Waals surface area contributed by atoms with E-state index in [-0.39, 0.29) is 0 Å². The molecule has 3 aromatic carbocycles. The molecule has 0 bridgehead atoms. The summed E-state index contributed by atoms with van der Waals surface area (Å²) in [5.74, 6) is 2.01. The fourth-order valence-electron chi connectivity index (χ4n) is 4.47. The normalized spacial score (nSPS) is 11.2. The van der Waals surface area contributed by atoms with Crippen LogP contribution in [0, 0.1) is 6.92 Å². The summed E-state index contributed by atoms with van der Waals surface area (Å²) in [6.45, 7) is 6.13. The summed E-state index contributed by atoms with van der Waals surface area (Å²) in [4.78, 5) is 11.4. The number of halogens is 1. The van der Waals surface area contributed by atoms with Gasteiger partial charge in [0.2, 0.25) is 0 Å². The van der Waals surface area contributed by atoms with Gasteiger partial charge in [0, 0.05) is 42.4 Å². The average molecular weight is 549 g/mol. The monoisotopic (exact) mass is 548 g/mol. The molecule has 206 valence electrons. The second-order valence-electron chi connectivity index (χ2n) is 9.46. The Morgan fingerprint density at radius 2 is 1.69 bits per heavy atom. The molecule has 7 nitrogen and oxygen atoms in total. The van der Waals surface area contributed by atoms with Crippen LogP contribution in [0.4, 0.5) is 11.5 Å². The minimum Gasteiger partial charge on any atom is -0.493 e. The molecule has 4 rings (SSSR count). The Morgan fingerprint density at radius 3 is 2.46 bits per heavy atom. The first-order valence-electron chi connectivity index (χ1n) is 13.3. The molecule has 4 aromatic rings. The Labute approximate surface area is 236 Å². The molecule has 0 aliphatic carbocycles. The van der Waals surface area contributed by atoms with Crippen molar-refractivity contribution < 1.29 is 14.2 Å². The molecule has 0 unspecified atom stereocenters. The van der Waals surface area contributed by atoms with E-state index in [0.717, 1.165) is 72.7 Å². The van der Waals surface area contributed by atoms with Crippen LogP contribution in [0.15, 0.2) is 67.0 Å². The topological polar surface area (TPSA) is 68.7 Å². The van der Waals surface area contributed by atoms with Crippen molar-refractivity contribution in [2.75, 3.05) is 52.4 Å². The summed E-state index contributed by atoms with van der Waals surface area (Å²) in [5, 5.41) is 4.95. The Balaban J connectivity index is 1.36. The molecule has 0 atom stereocenters. The maximum atomic E-state index is 6.18. The molecule has 0 spiro atoms. The van der Waals surface area contributed by atoms with Crippen molar-refractivity contribution in [3.8, 4) is 11.5 Å². The molecule has 0 fully saturated rings. The highest BCUT2D eigenvalue weighted by atomic mass is 35.5. The molecular formula is C31H37ClN4O3. The van der Waals surface area contributed by atoms with Gasteiger partial charge < -0.3 is 24.4 Å². The lowest BCUT2D eigenvalue weighted by Gasteiger charge is -2.22. The standard InChI is InChI=1S/C31H37ClN4O3/c1-23-19-25(12-13-27(23)32)35-31-26-20-29(38-3)30(21-28(26)33-22-34-31)39-17-8-15-36(16-18-37-2)14-7-11-24-9-5-4-6-10-24/h4-6,9-10,12-13,19-22H,7-8,11,14-18H2,1-3H3,(H,33,34,35). The largest absolute Gasteiger partial charge is 0.493 e. The van der Waals surface area contributed by atoms with Crippen LogP contribution in [-0.4, -0.2) is 61.9 Å². The first-order chi connectivity index (χ1) is 19.1. The van der Waals surface area contributed by atoms with Crippen molar-refractivity contribution in [1.29, 1.82) is 0 Å². The Morgan fingerprint density at radius 1 is 0.872 bits per heavy atom. The number of aromatic nitrogens is 2. The first kappa shape index (κ1) is 28.6. The van der Waals surface area contributed by atoms with Gasteiger partial charge in [-0.25, -0.2) is 9.97 Å². The molecule has 0 aliphatic rings. The van der Waals surface area contributed by atoms with Crippen molar-refractivity contribution in [3.63, 3.8) is 0 Å². The number of hydrogen-bond donors (Lipinski definition) is 1. The lowest BCUT2D eigenvalue weighted by molar-refractivity contribution is 0.141. The summed E-state index contributed by atoms with van der Waals surface area (Å²) in [6, 6.07) is 20.2. The maximum Gasteiger partial charge on any atom is 0.163 e. The minimum atomic E-state index is 0.574. The predicted octanol–water partition coefficient (Wildman–Crippen LogP) is 6.69. The third kappa shape index (κ3) is 8.30. The van der Waals surface area contributed by atoms with E-state index >= 15 is 0 Å². The molecular weight excluding hydrogens is 512 g/mol. The molecule has 8 heteroatoms. The fourth-order valence-corrected chi connectivity index (χ4v) is 4.59. The van der Waals surface area contributed by atoms with Crippen molar-refractivity contribution in [2.24, 2.45) is 0 Å². The number of rotatable bonds is 15. The molecule has 0 saturated heterocycles. The van der Waals surface area contributed by atoms with Crippen LogP contribution in [0.5, 0.6) is 11.5 Å². The van der Waals surface area contributed by atoms with E-state index in [1.165, 1.54) is 5.56 Å². The van der Waals surface area contributed by atoms with Gasteiger partial charge in [-0.15, -0.1) is 0 Å². The summed E-state index contributed by atoms with van der Waals surface area (Å²) in [7, 11) is 3.39. The zero-order chi connectivity index (χ0) is 27.5. The molecule has 0 radical (unpaired) electrons. The summed E-state index contributed by atoms with van der Waals surface area (Å²) in [5.41, 5.74) is 4.04. The fraction of sp³-hybridized carbons (Fsp3) is 0.355. The lowest BCUT2D eigenvalue weighted by Crippen LogP contribution is -2.30. The first-order valence-corrected chi connectivity index (χ1v) is 13.7. The average Bonchev–Trinajstić information content (AvgIpc) is 2.96.